The number of rotatable bonds is 2. The molecule has 18 heavy (non-hydrogen) atoms. The fraction of sp³-hybridized carbons (Fsp3) is 0.583. The number of nitrogens with zero attached hydrogens (tertiary/aromatic N) is 4. The van der Waals surface area contributed by atoms with Crippen molar-refractivity contribution in [1.29, 1.82) is 5.26 Å². The normalized spacial score (nSPS) is 23.8. The number of ether oxygens (including phenoxy) is 1. The van der Waals surface area contributed by atoms with E-state index in [-0.39, 0.29) is 6.10 Å². The number of halogens is 1. The van der Waals surface area contributed by atoms with Crippen LogP contribution in [0.4, 0.5) is 5.82 Å². The van der Waals surface area contributed by atoms with Gasteiger partial charge in [-0.15, -0.1) is 0 Å². The van der Waals surface area contributed by atoms with Gasteiger partial charge < -0.3 is 9.64 Å². The summed E-state index contributed by atoms with van der Waals surface area (Å²) in [5, 5.41) is 8.92. The van der Waals surface area contributed by atoms with E-state index in [4.69, 9.17) is 10.00 Å². The molecular weight excluding hydrogens is 296 g/mol. The predicted octanol–water partition coefficient (Wildman–Crippen LogP) is 1.85. The van der Waals surface area contributed by atoms with Crippen molar-refractivity contribution in [2.24, 2.45) is 0 Å². The van der Waals surface area contributed by atoms with Gasteiger partial charge in [-0.25, -0.2) is 9.97 Å². The number of aromatic nitrogens is 2. The standard InChI is InChI=1S/C12H13BrN4O/c13-10-5-11(16-12(15-10)8-1-2-8)17-3-4-18-9(6-14)7-17/h5,8-9H,1-4,7H2. The van der Waals surface area contributed by atoms with Crippen molar-refractivity contribution in [2.45, 2.75) is 24.9 Å². The molecule has 94 valence electrons. The van der Waals surface area contributed by atoms with Crippen molar-refractivity contribution < 1.29 is 4.74 Å². The molecule has 1 unspecified atom stereocenters. The van der Waals surface area contributed by atoms with E-state index in [0.717, 1.165) is 22.8 Å². The molecule has 1 aliphatic heterocycles. The lowest BCUT2D eigenvalue weighted by Gasteiger charge is -2.30. The third-order valence-electron chi connectivity index (χ3n) is 3.18. The molecule has 1 saturated heterocycles. The van der Waals surface area contributed by atoms with Crippen LogP contribution in [-0.2, 0) is 4.74 Å². The van der Waals surface area contributed by atoms with E-state index in [1.54, 1.807) is 0 Å². The molecule has 1 aliphatic carbocycles. The summed E-state index contributed by atoms with van der Waals surface area (Å²) in [4.78, 5) is 11.1. The summed E-state index contributed by atoms with van der Waals surface area (Å²) in [6, 6.07) is 4.06. The lowest BCUT2D eigenvalue weighted by atomic mass is 10.3. The molecule has 5 nitrogen and oxygen atoms in total. The Bertz CT molecular complexity index is 497. The van der Waals surface area contributed by atoms with Crippen LogP contribution in [0.25, 0.3) is 0 Å². The van der Waals surface area contributed by atoms with Gasteiger partial charge >= 0.3 is 0 Å². The summed E-state index contributed by atoms with van der Waals surface area (Å²) in [6.07, 6.45) is 2.00. The summed E-state index contributed by atoms with van der Waals surface area (Å²) in [5.41, 5.74) is 0. The molecule has 2 heterocycles. The highest BCUT2D eigenvalue weighted by Crippen LogP contribution is 2.39. The van der Waals surface area contributed by atoms with Crippen LogP contribution in [0.2, 0.25) is 0 Å². The Labute approximate surface area is 114 Å². The molecule has 2 aliphatic rings. The second-order valence-electron chi connectivity index (χ2n) is 4.62. The van der Waals surface area contributed by atoms with Crippen LogP contribution in [0.5, 0.6) is 0 Å². The second-order valence-corrected chi connectivity index (χ2v) is 5.43. The minimum absolute atomic E-state index is 0.364. The molecule has 0 aromatic carbocycles. The van der Waals surface area contributed by atoms with Crippen molar-refractivity contribution in [3.8, 4) is 6.07 Å². The lowest BCUT2D eigenvalue weighted by Crippen LogP contribution is -2.42. The topological polar surface area (TPSA) is 62.0 Å². The number of hydrogen-bond donors (Lipinski definition) is 0. The monoisotopic (exact) mass is 308 g/mol. The smallest absolute Gasteiger partial charge is 0.161 e. The van der Waals surface area contributed by atoms with E-state index in [2.05, 4.69) is 36.9 Å². The first kappa shape index (κ1) is 11.9. The van der Waals surface area contributed by atoms with E-state index >= 15 is 0 Å². The molecule has 1 aromatic rings. The van der Waals surface area contributed by atoms with E-state index in [1.807, 2.05) is 6.07 Å². The van der Waals surface area contributed by atoms with Gasteiger partial charge in [0.2, 0.25) is 0 Å². The quantitative estimate of drug-likeness (QED) is 0.780. The van der Waals surface area contributed by atoms with Crippen LogP contribution in [0.15, 0.2) is 10.7 Å². The molecule has 1 saturated carbocycles. The van der Waals surface area contributed by atoms with Gasteiger partial charge in [-0.1, -0.05) is 0 Å². The van der Waals surface area contributed by atoms with E-state index < -0.39 is 0 Å². The van der Waals surface area contributed by atoms with Gasteiger partial charge in [-0.2, -0.15) is 5.26 Å². The van der Waals surface area contributed by atoms with E-state index in [0.29, 0.717) is 19.1 Å². The average Bonchev–Trinajstić information content (AvgIpc) is 3.22. The van der Waals surface area contributed by atoms with Crippen LogP contribution in [0, 0.1) is 11.3 Å². The maximum absolute atomic E-state index is 8.92. The van der Waals surface area contributed by atoms with Crippen molar-refractivity contribution in [3.63, 3.8) is 0 Å². The molecule has 3 rings (SSSR count). The number of morpholine rings is 1. The summed E-state index contributed by atoms with van der Waals surface area (Å²) in [5.74, 6) is 2.33. The Morgan fingerprint density at radius 2 is 2.28 bits per heavy atom. The molecule has 0 bridgehead atoms. The maximum atomic E-state index is 8.92. The highest BCUT2D eigenvalue weighted by Gasteiger charge is 2.28. The first-order valence-electron chi connectivity index (χ1n) is 6.07. The summed E-state index contributed by atoms with van der Waals surface area (Å²) in [6.45, 7) is 1.91. The van der Waals surface area contributed by atoms with E-state index in [1.165, 1.54) is 12.8 Å². The largest absolute Gasteiger partial charge is 0.360 e. The zero-order chi connectivity index (χ0) is 12.5. The van der Waals surface area contributed by atoms with Gasteiger partial charge in [0.05, 0.1) is 19.2 Å². The van der Waals surface area contributed by atoms with Crippen LogP contribution in [0.3, 0.4) is 0 Å². The third-order valence-corrected chi connectivity index (χ3v) is 3.58. The van der Waals surface area contributed by atoms with Crippen LogP contribution in [0.1, 0.15) is 24.6 Å². The minimum atomic E-state index is -0.364. The molecule has 6 heteroatoms. The van der Waals surface area contributed by atoms with Crippen LogP contribution < -0.4 is 4.90 Å². The first-order chi connectivity index (χ1) is 8.76. The van der Waals surface area contributed by atoms with Gasteiger partial charge in [0.1, 0.15) is 16.2 Å². The maximum Gasteiger partial charge on any atom is 0.161 e. The van der Waals surface area contributed by atoms with Crippen LogP contribution >= 0.6 is 15.9 Å². The SMILES string of the molecule is N#CC1CN(c2cc(Br)nc(C3CC3)n2)CCO1. The first-order valence-corrected chi connectivity index (χ1v) is 6.86. The number of anilines is 1. The van der Waals surface area contributed by atoms with E-state index in [9.17, 15) is 0 Å². The van der Waals surface area contributed by atoms with Gasteiger partial charge in [0.15, 0.2) is 6.10 Å². The highest BCUT2D eigenvalue weighted by atomic mass is 79.9. The molecule has 1 atom stereocenters. The number of hydrogen-bond acceptors (Lipinski definition) is 5. The van der Waals surface area contributed by atoms with Crippen molar-refractivity contribution in [3.05, 3.63) is 16.5 Å². The zero-order valence-corrected chi connectivity index (χ0v) is 11.4. The van der Waals surface area contributed by atoms with Crippen molar-refractivity contribution in [1.82, 2.24) is 9.97 Å². The van der Waals surface area contributed by atoms with Crippen molar-refractivity contribution >= 4 is 21.7 Å². The molecule has 0 spiro atoms. The fourth-order valence-corrected chi connectivity index (χ4v) is 2.43. The molecular formula is C12H13BrN4O. The Hall–Kier alpha value is -1.19. The fourth-order valence-electron chi connectivity index (χ4n) is 2.04. The van der Waals surface area contributed by atoms with Gasteiger partial charge in [-0.05, 0) is 28.8 Å². The number of nitriles is 1. The molecule has 0 amide bonds. The lowest BCUT2D eigenvalue weighted by molar-refractivity contribution is 0.0761. The third kappa shape index (κ3) is 2.47. The summed E-state index contributed by atoms with van der Waals surface area (Å²) >= 11 is 3.43. The summed E-state index contributed by atoms with van der Waals surface area (Å²) < 4.78 is 6.16. The molecule has 1 aromatic heterocycles. The Morgan fingerprint density at radius 1 is 1.44 bits per heavy atom. The Kier molecular flexibility index (Phi) is 3.18. The zero-order valence-electron chi connectivity index (χ0n) is 9.84. The van der Waals surface area contributed by atoms with Gasteiger partial charge in [0.25, 0.3) is 0 Å². The Balaban J connectivity index is 1.84. The van der Waals surface area contributed by atoms with Gasteiger partial charge in [-0.3, -0.25) is 0 Å². The molecule has 0 radical (unpaired) electrons. The minimum Gasteiger partial charge on any atom is -0.360 e. The summed E-state index contributed by atoms with van der Waals surface area (Å²) in [7, 11) is 0. The predicted molar refractivity (Wildman–Crippen MR) is 69.3 cm³/mol. The molecule has 2 fully saturated rings. The Morgan fingerprint density at radius 3 is 3.00 bits per heavy atom. The second kappa shape index (κ2) is 4.82. The molecule has 0 N–H and O–H groups in total. The van der Waals surface area contributed by atoms with Gasteiger partial charge in [0, 0.05) is 18.5 Å². The van der Waals surface area contributed by atoms with Crippen molar-refractivity contribution in [2.75, 3.05) is 24.6 Å². The average molecular weight is 309 g/mol. The van der Waals surface area contributed by atoms with Crippen LogP contribution in [-0.4, -0.2) is 35.8 Å². The highest BCUT2D eigenvalue weighted by molar-refractivity contribution is 9.10.